The van der Waals surface area contributed by atoms with Crippen LogP contribution in [0.3, 0.4) is 0 Å². The van der Waals surface area contributed by atoms with Gasteiger partial charge in [-0.1, -0.05) is 30.0 Å². The minimum Gasteiger partial charge on any atom is -0.481 e. The van der Waals surface area contributed by atoms with Crippen LogP contribution in [0.15, 0.2) is 76.7 Å². The second-order valence-electron chi connectivity index (χ2n) is 11.7. The molecule has 2 aromatic carbocycles. The zero-order valence-corrected chi connectivity index (χ0v) is 29.4. The molecule has 0 aliphatic heterocycles. The molecule has 0 saturated heterocycles. The molecule has 4 aromatic rings. The molecule has 0 aliphatic rings. The van der Waals surface area contributed by atoms with E-state index in [1.54, 1.807) is 58.4 Å². The summed E-state index contributed by atoms with van der Waals surface area (Å²) in [6.45, 7) is 3.47. The Morgan fingerprint density at radius 3 is 2.42 bits per heavy atom. The monoisotopic (exact) mass is 699 g/mol. The molecule has 262 valence electrons. The number of likely N-dealkylation sites (N-methyl/N-ethyl adjacent to an activating group) is 1. The molecule has 0 unspecified atom stereocenters. The van der Waals surface area contributed by atoms with Crippen LogP contribution in [0.4, 0.5) is 4.79 Å². The second-order valence-corrected chi connectivity index (χ2v) is 12.8. The van der Waals surface area contributed by atoms with E-state index in [4.69, 9.17) is 5.11 Å². The second kappa shape index (κ2) is 17.2. The largest absolute Gasteiger partial charge is 0.481 e. The highest BCUT2D eigenvalue weighted by Gasteiger charge is 2.27. The quantitative estimate of drug-likeness (QED) is 0.170. The molecule has 2 aromatic heterocycles. The Kier molecular flexibility index (Phi) is 12.9. The number of carboxylic acids is 1. The van der Waals surface area contributed by atoms with E-state index in [0.717, 1.165) is 9.79 Å². The number of amides is 4. The fourth-order valence-electron chi connectivity index (χ4n) is 4.94. The number of aromatic nitrogens is 3. The topological polar surface area (TPSA) is 167 Å². The van der Waals surface area contributed by atoms with Gasteiger partial charge < -0.3 is 25.5 Å². The highest BCUT2D eigenvalue weighted by Crippen LogP contribution is 2.34. The van der Waals surface area contributed by atoms with Crippen molar-refractivity contribution in [1.82, 2.24) is 35.2 Å². The van der Waals surface area contributed by atoms with E-state index in [0.29, 0.717) is 34.3 Å². The first-order valence-electron chi connectivity index (χ1n) is 16.0. The predicted octanol–water partition coefficient (Wildman–Crippen LogP) is 4.62. The van der Waals surface area contributed by atoms with Crippen molar-refractivity contribution in [1.29, 1.82) is 0 Å². The lowest BCUT2D eigenvalue weighted by atomic mass is 10.1. The van der Waals surface area contributed by atoms with Crippen molar-refractivity contribution in [2.24, 2.45) is 0 Å². The van der Waals surface area contributed by atoms with Crippen molar-refractivity contribution in [2.75, 3.05) is 27.7 Å². The van der Waals surface area contributed by atoms with E-state index >= 15 is 0 Å². The summed E-state index contributed by atoms with van der Waals surface area (Å²) in [6, 6.07) is 16.6. The van der Waals surface area contributed by atoms with Gasteiger partial charge in [0.2, 0.25) is 11.8 Å². The van der Waals surface area contributed by atoms with E-state index in [1.165, 1.54) is 33.3 Å². The molecule has 2 atom stereocenters. The van der Waals surface area contributed by atoms with E-state index < -0.39 is 23.9 Å². The summed E-state index contributed by atoms with van der Waals surface area (Å²) in [5, 5.41) is 19.7. The van der Waals surface area contributed by atoms with Crippen molar-refractivity contribution in [3.8, 4) is 0 Å². The normalized spacial score (nSPS) is 12.3. The number of carboxylic acid groups (broad SMARTS) is 1. The highest BCUT2D eigenvalue weighted by atomic mass is 32.2. The Morgan fingerprint density at radius 1 is 0.980 bits per heavy atom. The molecule has 14 heteroatoms. The molecule has 0 radical (unpaired) electrons. The van der Waals surface area contributed by atoms with Crippen molar-refractivity contribution in [3.05, 3.63) is 83.8 Å². The fraction of sp³-hybridized carbons (Fsp3) is 0.306. The van der Waals surface area contributed by atoms with Gasteiger partial charge in [-0.2, -0.15) is 9.78 Å². The number of aliphatic carboxylic acids is 1. The molecule has 4 amide bonds. The van der Waals surface area contributed by atoms with Crippen LogP contribution in [0.1, 0.15) is 54.9 Å². The van der Waals surface area contributed by atoms with Crippen LogP contribution < -0.4 is 10.6 Å². The first-order chi connectivity index (χ1) is 23.9. The van der Waals surface area contributed by atoms with Gasteiger partial charge in [0.15, 0.2) is 0 Å². The van der Waals surface area contributed by atoms with E-state index in [2.05, 4.69) is 20.7 Å². The van der Waals surface area contributed by atoms with Crippen LogP contribution in [-0.2, 0) is 14.4 Å². The third-order valence-corrected chi connectivity index (χ3v) is 9.14. The van der Waals surface area contributed by atoms with Crippen molar-refractivity contribution in [2.45, 2.75) is 55.0 Å². The minimum atomic E-state index is -0.985. The van der Waals surface area contributed by atoms with Crippen LogP contribution in [0, 0.1) is 0 Å². The van der Waals surface area contributed by atoms with Crippen LogP contribution >= 0.6 is 11.8 Å². The summed E-state index contributed by atoms with van der Waals surface area (Å²) in [5.74, 6) is -1.83. The number of fused-ring (bicyclic) bond motifs is 1. The molecular formula is C36H41N7O6S. The number of nitrogens with zero attached hydrogens (tertiary/aromatic N) is 5. The number of nitrogens with one attached hydrogen (secondary N) is 2. The van der Waals surface area contributed by atoms with Gasteiger partial charge in [-0.15, -0.1) is 0 Å². The lowest BCUT2D eigenvalue weighted by Gasteiger charge is -2.26. The van der Waals surface area contributed by atoms with Gasteiger partial charge in [0, 0.05) is 61.5 Å². The van der Waals surface area contributed by atoms with E-state index in [1.807, 2.05) is 48.5 Å². The average Bonchev–Trinajstić information content (AvgIpc) is 3.48. The summed E-state index contributed by atoms with van der Waals surface area (Å²) in [6.07, 6.45) is 5.58. The Balaban J connectivity index is 1.56. The van der Waals surface area contributed by atoms with Gasteiger partial charge in [-0.3, -0.25) is 24.2 Å². The van der Waals surface area contributed by atoms with Crippen molar-refractivity contribution < 1.29 is 29.1 Å². The highest BCUT2D eigenvalue weighted by molar-refractivity contribution is 7.99. The lowest BCUT2D eigenvalue weighted by Crippen LogP contribution is -2.49. The van der Waals surface area contributed by atoms with Crippen molar-refractivity contribution >= 4 is 64.5 Å². The molecule has 4 rings (SSSR count). The van der Waals surface area contributed by atoms with Crippen molar-refractivity contribution in [3.63, 3.8) is 0 Å². The predicted molar refractivity (Wildman–Crippen MR) is 192 cm³/mol. The Bertz CT molecular complexity index is 1890. The van der Waals surface area contributed by atoms with Crippen LogP contribution in [0.25, 0.3) is 23.1 Å². The van der Waals surface area contributed by atoms with E-state index in [9.17, 15) is 24.0 Å². The molecule has 0 aliphatic carbocycles. The molecule has 0 spiro atoms. The van der Waals surface area contributed by atoms with Gasteiger partial charge in [-0.25, -0.2) is 4.79 Å². The molecule has 13 nitrogen and oxygen atoms in total. The molecule has 2 heterocycles. The molecule has 0 bridgehead atoms. The number of carbonyl (C=O) groups excluding carboxylic acids is 4. The number of hydrogen-bond acceptors (Lipinski definition) is 8. The molecule has 0 fully saturated rings. The van der Waals surface area contributed by atoms with Gasteiger partial charge in [0.05, 0.1) is 28.9 Å². The van der Waals surface area contributed by atoms with Gasteiger partial charge >= 0.3 is 12.0 Å². The zero-order chi connectivity index (χ0) is 36.4. The summed E-state index contributed by atoms with van der Waals surface area (Å²) in [4.78, 5) is 71.4. The average molecular weight is 700 g/mol. The van der Waals surface area contributed by atoms with Crippen LogP contribution in [0.2, 0.25) is 0 Å². The molecule has 3 N–H and O–H groups in total. The van der Waals surface area contributed by atoms with Gasteiger partial charge in [0.25, 0.3) is 5.91 Å². The Labute approximate surface area is 294 Å². The van der Waals surface area contributed by atoms with Gasteiger partial charge in [0.1, 0.15) is 6.04 Å². The van der Waals surface area contributed by atoms with Crippen LogP contribution in [0.5, 0.6) is 0 Å². The number of carbonyl (C=O) groups is 5. The number of benzene rings is 2. The molecule has 0 saturated carbocycles. The van der Waals surface area contributed by atoms with E-state index in [-0.39, 0.29) is 37.2 Å². The fourth-order valence-corrected chi connectivity index (χ4v) is 5.92. The smallest absolute Gasteiger partial charge is 0.345 e. The zero-order valence-electron chi connectivity index (χ0n) is 28.6. The van der Waals surface area contributed by atoms with Gasteiger partial charge in [-0.05, 0) is 74.9 Å². The minimum absolute atomic E-state index is 0.102. The first kappa shape index (κ1) is 37.3. The molecular weight excluding hydrogens is 659 g/mol. The maximum atomic E-state index is 14.0. The standard InChI is InChI=1S/C36H41N7O6S/c1-23(13-18-32(44)41(4)21-19-33(45)46)39-34(47)24(2)42(5)36(49)43-30-22-26(50-31-12-7-6-11-28(31)35(48)37-3)15-16-27(30)29(40-43)17-14-25-10-8-9-20-38-25/h6-12,14-17,20,22-24H,13,18-19,21H2,1-5H3,(H,37,48)(H,39,47)(H,45,46)/b17-14+/t23-,24-/m0/s1. The summed E-state index contributed by atoms with van der Waals surface area (Å²) < 4.78 is 1.26. The maximum Gasteiger partial charge on any atom is 0.345 e. The number of pyridine rings is 1. The summed E-state index contributed by atoms with van der Waals surface area (Å²) in [7, 11) is 4.64. The molecule has 50 heavy (non-hydrogen) atoms. The third kappa shape index (κ3) is 9.56. The third-order valence-electron chi connectivity index (χ3n) is 8.08. The maximum absolute atomic E-state index is 14.0. The Hall–Kier alpha value is -5.50. The SMILES string of the molecule is CNC(=O)c1ccccc1Sc1ccc2c(/C=C/c3ccccn3)nn(C(=O)N(C)[C@@H](C)C(=O)N[C@@H](C)CCC(=O)N(C)CCC(=O)O)c2c1. The number of hydrogen-bond donors (Lipinski definition) is 3. The number of rotatable bonds is 14. The van der Waals surface area contributed by atoms with Crippen LogP contribution in [-0.4, -0.2) is 99.2 Å². The summed E-state index contributed by atoms with van der Waals surface area (Å²) in [5.41, 5.74) is 2.27. The lowest BCUT2D eigenvalue weighted by molar-refractivity contribution is -0.138. The Morgan fingerprint density at radius 2 is 1.72 bits per heavy atom. The first-order valence-corrected chi connectivity index (χ1v) is 16.8. The summed E-state index contributed by atoms with van der Waals surface area (Å²) >= 11 is 1.38.